The molecule has 0 fully saturated rings. The summed E-state index contributed by atoms with van der Waals surface area (Å²) in [5.41, 5.74) is 3.79. The van der Waals surface area contributed by atoms with Crippen LogP contribution in [0.5, 0.6) is 5.75 Å². The number of hydrogen-bond acceptors (Lipinski definition) is 3. The molecule has 0 bridgehead atoms. The standard InChI is InChI=1S/C23H24ClN3O2/c1-17-21(23(24)27(26-17)16-19-6-4-3-5-7-19)12-13-22(28)25-15-14-18-8-10-20(29-2)11-9-18/h3-13H,14-16H2,1-2H3,(H,25,28)/b13-12+. The van der Waals surface area contributed by atoms with E-state index < -0.39 is 0 Å². The van der Waals surface area contributed by atoms with Gasteiger partial charge in [0.25, 0.3) is 0 Å². The predicted octanol–water partition coefficient (Wildman–Crippen LogP) is 4.27. The molecule has 150 valence electrons. The highest BCUT2D eigenvalue weighted by Crippen LogP contribution is 2.22. The third kappa shape index (κ3) is 5.72. The number of ether oxygens (including phenoxy) is 1. The van der Waals surface area contributed by atoms with Gasteiger partial charge in [0, 0.05) is 18.2 Å². The molecule has 0 atom stereocenters. The van der Waals surface area contributed by atoms with Crippen molar-refractivity contribution in [3.63, 3.8) is 0 Å². The number of carbonyl (C=O) groups excluding carboxylic acids is 1. The Bertz CT molecular complexity index is 979. The predicted molar refractivity (Wildman–Crippen MR) is 116 cm³/mol. The summed E-state index contributed by atoms with van der Waals surface area (Å²) in [6.45, 7) is 3.02. The van der Waals surface area contributed by atoms with Crippen LogP contribution in [0.4, 0.5) is 0 Å². The van der Waals surface area contributed by atoms with Crippen LogP contribution in [0.3, 0.4) is 0 Å². The lowest BCUT2D eigenvalue weighted by molar-refractivity contribution is -0.116. The molecular formula is C23H24ClN3O2. The quantitative estimate of drug-likeness (QED) is 0.565. The van der Waals surface area contributed by atoms with Crippen LogP contribution < -0.4 is 10.1 Å². The fraction of sp³-hybridized carbons (Fsp3) is 0.217. The maximum absolute atomic E-state index is 12.1. The Morgan fingerprint density at radius 3 is 2.55 bits per heavy atom. The van der Waals surface area contributed by atoms with Gasteiger partial charge in [-0.05, 0) is 42.7 Å². The molecule has 0 saturated heterocycles. The summed E-state index contributed by atoms with van der Waals surface area (Å²) >= 11 is 6.48. The molecule has 0 unspecified atom stereocenters. The van der Waals surface area contributed by atoms with Gasteiger partial charge in [-0.25, -0.2) is 4.68 Å². The summed E-state index contributed by atoms with van der Waals surface area (Å²) in [5.74, 6) is 0.658. The van der Waals surface area contributed by atoms with Crippen LogP contribution in [0, 0.1) is 6.92 Å². The van der Waals surface area contributed by atoms with Gasteiger partial charge in [-0.15, -0.1) is 0 Å². The van der Waals surface area contributed by atoms with E-state index in [0.29, 0.717) is 18.2 Å². The molecule has 3 rings (SSSR count). The molecule has 1 amide bonds. The zero-order valence-corrected chi connectivity index (χ0v) is 17.3. The lowest BCUT2D eigenvalue weighted by atomic mass is 10.1. The average Bonchev–Trinajstić information content (AvgIpc) is 3.00. The zero-order chi connectivity index (χ0) is 20.6. The molecule has 5 nitrogen and oxygen atoms in total. The minimum Gasteiger partial charge on any atom is -0.497 e. The van der Waals surface area contributed by atoms with E-state index in [0.717, 1.165) is 34.6 Å². The lowest BCUT2D eigenvalue weighted by Crippen LogP contribution is -2.23. The minimum atomic E-state index is -0.162. The number of carbonyl (C=O) groups is 1. The van der Waals surface area contributed by atoms with E-state index in [2.05, 4.69) is 10.4 Å². The molecule has 3 aromatic rings. The van der Waals surface area contributed by atoms with Gasteiger partial charge in [0.05, 0.1) is 19.3 Å². The second-order valence-corrected chi connectivity index (χ2v) is 7.01. The summed E-state index contributed by atoms with van der Waals surface area (Å²) < 4.78 is 6.89. The molecule has 0 radical (unpaired) electrons. The first-order valence-corrected chi connectivity index (χ1v) is 9.80. The SMILES string of the molecule is COc1ccc(CCNC(=O)/C=C/c2c(C)nn(Cc3ccccc3)c2Cl)cc1. The van der Waals surface area contributed by atoms with E-state index in [4.69, 9.17) is 16.3 Å². The number of rotatable bonds is 8. The van der Waals surface area contributed by atoms with Crippen LogP contribution in [0.25, 0.3) is 6.08 Å². The van der Waals surface area contributed by atoms with Gasteiger partial charge in [-0.3, -0.25) is 4.79 Å². The fourth-order valence-electron chi connectivity index (χ4n) is 2.96. The van der Waals surface area contributed by atoms with Gasteiger partial charge in [0.15, 0.2) is 0 Å². The van der Waals surface area contributed by atoms with Crippen molar-refractivity contribution in [3.8, 4) is 5.75 Å². The molecule has 1 heterocycles. The molecule has 29 heavy (non-hydrogen) atoms. The number of hydrogen-bond donors (Lipinski definition) is 1. The van der Waals surface area contributed by atoms with Gasteiger partial charge in [0.2, 0.25) is 5.91 Å². The Kier molecular flexibility index (Phi) is 7.09. The normalized spacial score (nSPS) is 11.0. The summed E-state index contributed by atoms with van der Waals surface area (Å²) in [5, 5.41) is 7.90. The second kappa shape index (κ2) is 9.94. The first kappa shape index (κ1) is 20.7. The Morgan fingerprint density at radius 2 is 1.86 bits per heavy atom. The summed E-state index contributed by atoms with van der Waals surface area (Å²) in [4.78, 5) is 12.1. The maximum atomic E-state index is 12.1. The van der Waals surface area contributed by atoms with Gasteiger partial charge in [-0.2, -0.15) is 5.10 Å². The van der Waals surface area contributed by atoms with E-state index in [1.54, 1.807) is 17.9 Å². The van der Waals surface area contributed by atoms with Gasteiger partial charge < -0.3 is 10.1 Å². The number of methoxy groups -OCH3 is 1. The first-order chi connectivity index (χ1) is 14.1. The Balaban J connectivity index is 1.55. The number of aromatic nitrogens is 2. The maximum Gasteiger partial charge on any atom is 0.244 e. The van der Waals surface area contributed by atoms with E-state index in [-0.39, 0.29) is 5.91 Å². The first-order valence-electron chi connectivity index (χ1n) is 9.42. The smallest absolute Gasteiger partial charge is 0.244 e. The van der Waals surface area contributed by atoms with Crippen molar-refractivity contribution in [1.82, 2.24) is 15.1 Å². The number of benzene rings is 2. The number of amides is 1. The van der Waals surface area contributed by atoms with E-state index >= 15 is 0 Å². The van der Waals surface area contributed by atoms with Crippen molar-refractivity contribution in [2.45, 2.75) is 19.9 Å². The average molecular weight is 410 g/mol. The molecule has 0 aliphatic carbocycles. The van der Waals surface area contributed by atoms with E-state index in [9.17, 15) is 4.79 Å². The van der Waals surface area contributed by atoms with Gasteiger partial charge >= 0.3 is 0 Å². The van der Waals surface area contributed by atoms with Crippen LogP contribution in [-0.4, -0.2) is 29.3 Å². The van der Waals surface area contributed by atoms with Crippen LogP contribution in [0.15, 0.2) is 60.7 Å². The zero-order valence-electron chi connectivity index (χ0n) is 16.6. The topological polar surface area (TPSA) is 56.1 Å². The molecule has 0 spiro atoms. The highest BCUT2D eigenvalue weighted by Gasteiger charge is 2.11. The molecule has 0 aliphatic heterocycles. The molecule has 2 aromatic carbocycles. The minimum absolute atomic E-state index is 0.162. The summed E-state index contributed by atoms with van der Waals surface area (Å²) in [6, 6.07) is 17.8. The number of aryl methyl sites for hydroxylation is 1. The third-order valence-electron chi connectivity index (χ3n) is 4.56. The van der Waals surface area contributed by atoms with Gasteiger partial charge in [0.1, 0.15) is 10.9 Å². The number of nitrogens with zero attached hydrogens (tertiary/aromatic N) is 2. The highest BCUT2D eigenvalue weighted by molar-refractivity contribution is 6.31. The molecule has 1 aromatic heterocycles. The van der Waals surface area contributed by atoms with Crippen LogP contribution >= 0.6 is 11.6 Å². The Labute approximate surface area is 176 Å². The number of halogens is 1. The third-order valence-corrected chi connectivity index (χ3v) is 4.96. The van der Waals surface area contributed by atoms with E-state index in [1.807, 2.05) is 61.5 Å². The van der Waals surface area contributed by atoms with Crippen molar-refractivity contribution in [2.75, 3.05) is 13.7 Å². The monoisotopic (exact) mass is 409 g/mol. The lowest BCUT2D eigenvalue weighted by Gasteiger charge is -2.04. The molecule has 6 heteroatoms. The van der Waals surface area contributed by atoms with Crippen LogP contribution in [0.1, 0.15) is 22.4 Å². The van der Waals surface area contributed by atoms with E-state index in [1.165, 1.54) is 6.08 Å². The largest absolute Gasteiger partial charge is 0.497 e. The molecular weight excluding hydrogens is 386 g/mol. The van der Waals surface area contributed by atoms with Crippen molar-refractivity contribution < 1.29 is 9.53 Å². The van der Waals surface area contributed by atoms with Crippen molar-refractivity contribution in [1.29, 1.82) is 0 Å². The van der Waals surface area contributed by atoms with Crippen molar-refractivity contribution in [2.24, 2.45) is 0 Å². The molecule has 1 N–H and O–H groups in total. The van der Waals surface area contributed by atoms with Crippen molar-refractivity contribution >= 4 is 23.6 Å². The number of nitrogens with one attached hydrogen (secondary N) is 1. The summed E-state index contributed by atoms with van der Waals surface area (Å²) in [6.07, 6.45) is 3.96. The molecule has 0 saturated carbocycles. The second-order valence-electron chi connectivity index (χ2n) is 6.66. The highest BCUT2D eigenvalue weighted by atomic mass is 35.5. The molecule has 0 aliphatic rings. The van der Waals surface area contributed by atoms with Gasteiger partial charge in [-0.1, -0.05) is 54.1 Å². The van der Waals surface area contributed by atoms with Crippen LogP contribution in [-0.2, 0) is 17.8 Å². The van der Waals surface area contributed by atoms with Crippen molar-refractivity contribution in [3.05, 3.63) is 88.2 Å². The Morgan fingerprint density at radius 1 is 1.14 bits per heavy atom. The Hall–Kier alpha value is -3.05. The fourth-order valence-corrected chi connectivity index (χ4v) is 3.26. The summed E-state index contributed by atoms with van der Waals surface area (Å²) in [7, 11) is 1.64. The van der Waals surface area contributed by atoms with Crippen LogP contribution in [0.2, 0.25) is 5.15 Å².